The number of nitrogens with zero attached hydrogens (tertiary/aromatic N) is 1. The van der Waals surface area contributed by atoms with Gasteiger partial charge in [0.2, 0.25) is 5.91 Å². The second-order valence-electron chi connectivity index (χ2n) is 5.94. The Morgan fingerprint density at radius 3 is 2.87 bits per heavy atom. The van der Waals surface area contributed by atoms with Crippen molar-refractivity contribution in [1.82, 2.24) is 5.32 Å². The Labute approximate surface area is 140 Å². The third-order valence-electron chi connectivity index (χ3n) is 4.34. The fraction of sp³-hybridized carbons (Fsp3) is 0.500. The summed E-state index contributed by atoms with van der Waals surface area (Å²) in [6.07, 6.45) is 0. The molecule has 2 aliphatic rings. The van der Waals surface area contributed by atoms with Crippen LogP contribution in [0.25, 0.3) is 0 Å². The first-order valence-electron chi connectivity index (χ1n) is 7.85. The summed E-state index contributed by atoms with van der Waals surface area (Å²) in [6.45, 7) is 6.37. The van der Waals surface area contributed by atoms with Crippen LogP contribution < -0.4 is 15.1 Å². The molecule has 2 heterocycles. The van der Waals surface area contributed by atoms with Crippen molar-refractivity contribution >= 4 is 29.1 Å². The molecule has 0 saturated carbocycles. The molecule has 0 bridgehead atoms. The predicted octanol–water partition coefficient (Wildman–Crippen LogP) is -0.221. The zero-order chi connectivity index (χ0) is 16.4. The molecule has 0 aliphatic carbocycles. The molecule has 23 heavy (non-hydrogen) atoms. The summed E-state index contributed by atoms with van der Waals surface area (Å²) in [5, 5.41) is 3.29. The lowest BCUT2D eigenvalue weighted by Gasteiger charge is -2.26. The quantitative estimate of drug-likeness (QED) is 0.798. The number of quaternary nitrogens is 1. The molecule has 2 amide bonds. The zero-order valence-electron chi connectivity index (χ0n) is 13.1. The summed E-state index contributed by atoms with van der Waals surface area (Å²) in [5.41, 5.74) is 1.61. The van der Waals surface area contributed by atoms with Crippen LogP contribution in [0.5, 0.6) is 0 Å². The number of anilines is 1. The summed E-state index contributed by atoms with van der Waals surface area (Å²) in [5.74, 6) is -0.319. The highest BCUT2D eigenvalue weighted by Crippen LogP contribution is 2.37. The molecule has 0 radical (unpaired) electrons. The van der Waals surface area contributed by atoms with Crippen LogP contribution in [0, 0.1) is 0 Å². The van der Waals surface area contributed by atoms with Gasteiger partial charge in [-0.3, -0.25) is 9.59 Å². The van der Waals surface area contributed by atoms with E-state index < -0.39 is 6.04 Å². The average molecular weight is 339 g/mol. The lowest BCUT2D eigenvalue weighted by atomic mass is 10.1. The van der Waals surface area contributed by atoms with Crippen LogP contribution in [-0.2, 0) is 14.3 Å². The molecule has 1 aromatic carbocycles. The van der Waals surface area contributed by atoms with Crippen molar-refractivity contribution in [2.24, 2.45) is 0 Å². The Bertz CT molecular complexity index is 617. The van der Waals surface area contributed by atoms with Crippen LogP contribution in [-0.4, -0.2) is 51.2 Å². The average Bonchev–Trinajstić information content (AvgIpc) is 2.78. The van der Waals surface area contributed by atoms with Crippen LogP contribution in [0.1, 0.15) is 18.5 Å². The fourth-order valence-corrected chi connectivity index (χ4v) is 3.34. The Balaban J connectivity index is 1.77. The minimum Gasteiger partial charge on any atom is -0.370 e. The van der Waals surface area contributed by atoms with E-state index in [0.29, 0.717) is 11.6 Å². The summed E-state index contributed by atoms with van der Waals surface area (Å²) in [4.78, 5) is 27.3. The summed E-state index contributed by atoms with van der Waals surface area (Å²) < 4.78 is 5.36. The first-order valence-corrected chi connectivity index (χ1v) is 8.23. The minimum absolute atomic E-state index is 0.0925. The van der Waals surface area contributed by atoms with E-state index in [9.17, 15) is 9.59 Å². The maximum absolute atomic E-state index is 12.7. The van der Waals surface area contributed by atoms with Crippen LogP contribution in [0.4, 0.5) is 5.69 Å². The molecule has 0 unspecified atom stereocenters. The lowest BCUT2D eigenvalue weighted by Crippen LogP contribution is -3.14. The molecule has 2 N–H and O–H groups in total. The molecule has 1 aromatic rings. The number of fused-ring (bicyclic) bond motifs is 1. The molecule has 0 spiro atoms. The standard InChI is InChI=1S/C16H20ClN3O3/c1-11(21)18-15-13-10-12(17)2-3-14(13)20(16(15)22)5-4-19-6-8-23-9-7-19/h2-3,10,15H,4-9H2,1H3,(H,18,21)/p+1/t15-/m0/s1. The van der Waals surface area contributed by atoms with E-state index in [4.69, 9.17) is 16.3 Å². The Morgan fingerprint density at radius 1 is 1.43 bits per heavy atom. The van der Waals surface area contributed by atoms with Gasteiger partial charge in [-0.1, -0.05) is 11.6 Å². The van der Waals surface area contributed by atoms with Gasteiger partial charge in [-0.2, -0.15) is 0 Å². The number of halogens is 1. The van der Waals surface area contributed by atoms with E-state index in [2.05, 4.69) is 5.32 Å². The normalized spacial score (nSPS) is 21.4. The van der Waals surface area contributed by atoms with Crippen LogP contribution >= 0.6 is 11.6 Å². The maximum atomic E-state index is 12.7. The van der Waals surface area contributed by atoms with Gasteiger partial charge in [0.25, 0.3) is 5.91 Å². The van der Waals surface area contributed by atoms with E-state index in [-0.39, 0.29) is 11.8 Å². The zero-order valence-corrected chi connectivity index (χ0v) is 13.9. The van der Waals surface area contributed by atoms with Gasteiger partial charge in [0, 0.05) is 23.2 Å². The SMILES string of the molecule is CC(=O)N[C@@H]1C(=O)N(CC[NH+]2CCOCC2)c2ccc(Cl)cc21. The topological polar surface area (TPSA) is 63.1 Å². The van der Waals surface area contributed by atoms with Gasteiger partial charge in [0.05, 0.1) is 26.3 Å². The number of amides is 2. The number of hydrogen-bond acceptors (Lipinski definition) is 3. The fourth-order valence-electron chi connectivity index (χ4n) is 3.16. The maximum Gasteiger partial charge on any atom is 0.254 e. The second-order valence-corrected chi connectivity index (χ2v) is 6.38. The van der Waals surface area contributed by atoms with Crippen molar-refractivity contribution in [3.63, 3.8) is 0 Å². The van der Waals surface area contributed by atoms with Gasteiger partial charge >= 0.3 is 0 Å². The number of hydrogen-bond donors (Lipinski definition) is 2. The van der Waals surface area contributed by atoms with E-state index in [0.717, 1.165) is 44.1 Å². The van der Waals surface area contributed by atoms with E-state index in [1.165, 1.54) is 11.8 Å². The van der Waals surface area contributed by atoms with Gasteiger partial charge in [0.1, 0.15) is 19.1 Å². The summed E-state index contributed by atoms with van der Waals surface area (Å²) >= 11 is 6.06. The van der Waals surface area contributed by atoms with E-state index in [1.54, 1.807) is 17.0 Å². The number of nitrogens with one attached hydrogen (secondary N) is 2. The molecule has 1 atom stereocenters. The van der Waals surface area contributed by atoms with E-state index in [1.807, 2.05) is 6.07 Å². The number of benzene rings is 1. The largest absolute Gasteiger partial charge is 0.370 e. The minimum atomic E-state index is -0.638. The monoisotopic (exact) mass is 338 g/mol. The van der Waals surface area contributed by atoms with Gasteiger partial charge < -0.3 is 19.9 Å². The summed E-state index contributed by atoms with van der Waals surface area (Å²) in [7, 11) is 0. The molecule has 124 valence electrons. The number of carbonyl (C=O) groups is 2. The van der Waals surface area contributed by atoms with Crippen LogP contribution in [0.3, 0.4) is 0 Å². The number of carbonyl (C=O) groups excluding carboxylic acids is 2. The molecule has 3 rings (SSSR count). The first-order chi connectivity index (χ1) is 11.1. The third-order valence-corrected chi connectivity index (χ3v) is 4.58. The Morgan fingerprint density at radius 2 is 2.17 bits per heavy atom. The van der Waals surface area contributed by atoms with E-state index >= 15 is 0 Å². The van der Waals surface area contributed by atoms with Gasteiger partial charge in [-0.25, -0.2) is 0 Å². The molecule has 2 aliphatic heterocycles. The number of ether oxygens (including phenoxy) is 1. The molecule has 7 heteroatoms. The van der Waals surface area contributed by atoms with Crippen molar-refractivity contribution in [1.29, 1.82) is 0 Å². The Kier molecular flexibility index (Phi) is 4.84. The highest BCUT2D eigenvalue weighted by Gasteiger charge is 2.38. The van der Waals surface area contributed by atoms with Crippen molar-refractivity contribution in [3.8, 4) is 0 Å². The van der Waals surface area contributed by atoms with Gasteiger partial charge in [-0.15, -0.1) is 0 Å². The van der Waals surface area contributed by atoms with Gasteiger partial charge in [0.15, 0.2) is 0 Å². The van der Waals surface area contributed by atoms with Crippen molar-refractivity contribution in [2.75, 3.05) is 44.3 Å². The van der Waals surface area contributed by atoms with Crippen LogP contribution in [0.2, 0.25) is 5.02 Å². The molecular formula is C16H21ClN3O3+. The molecule has 1 saturated heterocycles. The van der Waals surface area contributed by atoms with Crippen LogP contribution in [0.15, 0.2) is 18.2 Å². The smallest absolute Gasteiger partial charge is 0.254 e. The first kappa shape index (κ1) is 16.2. The van der Waals surface area contributed by atoms with Crippen molar-refractivity contribution < 1.29 is 19.2 Å². The Hall–Kier alpha value is -1.63. The second kappa shape index (κ2) is 6.86. The highest BCUT2D eigenvalue weighted by atomic mass is 35.5. The molecular weight excluding hydrogens is 318 g/mol. The van der Waals surface area contributed by atoms with Crippen molar-refractivity contribution in [3.05, 3.63) is 28.8 Å². The third kappa shape index (κ3) is 3.49. The molecule has 1 fully saturated rings. The van der Waals surface area contributed by atoms with Gasteiger partial charge in [-0.05, 0) is 18.2 Å². The molecule has 6 nitrogen and oxygen atoms in total. The molecule has 0 aromatic heterocycles. The predicted molar refractivity (Wildman–Crippen MR) is 86.7 cm³/mol. The highest BCUT2D eigenvalue weighted by molar-refractivity contribution is 6.31. The summed E-state index contributed by atoms with van der Waals surface area (Å²) in [6, 6.07) is 4.75. The number of morpholine rings is 1. The number of rotatable bonds is 4. The van der Waals surface area contributed by atoms with Crippen molar-refractivity contribution in [2.45, 2.75) is 13.0 Å². The lowest BCUT2D eigenvalue weighted by molar-refractivity contribution is -0.906.